The van der Waals surface area contributed by atoms with Crippen LogP contribution in [0.4, 0.5) is 13.2 Å². The van der Waals surface area contributed by atoms with E-state index in [1.54, 1.807) is 12.3 Å². The van der Waals surface area contributed by atoms with Crippen molar-refractivity contribution >= 4 is 52.0 Å². The smallest absolute Gasteiger partial charge is 0.361 e. The Morgan fingerprint density at radius 1 is 0.887 bits per heavy atom. The molecule has 3 atom stereocenters. The largest absolute Gasteiger partial charge is 0.416 e. The number of halogens is 4. The Morgan fingerprint density at radius 3 is 2.36 bits per heavy atom. The van der Waals surface area contributed by atoms with Gasteiger partial charge in [-0.05, 0) is 86.1 Å². The van der Waals surface area contributed by atoms with E-state index in [0.717, 1.165) is 34.2 Å². The highest BCUT2D eigenvalue weighted by molar-refractivity contribution is 7.99. The molecule has 0 saturated heterocycles. The van der Waals surface area contributed by atoms with Gasteiger partial charge in [-0.1, -0.05) is 59.8 Å². The Kier molecular flexibility index (Phi) is 13.9. The van der Waals surface area contributed by atoms with E-state index in [4.69, 9.17) is 23.1 Å². The van der Waals surface area contributed by atoms with Gasteiger partial charge in [0.2, 0.25) is 17.7 Å². The lowest BCUT2D eigenvalue weighted by molar-refractivity contribution is -0.142. The standard InChI is InChI=1S/C38H45ClF3N7O3S/c1-49-32(18-24-21-45-29-11-4-3-10-27(24)29)36(51)47-22-25-17-26(38(40,41)42)19-28(39)34(25)53-33-14-5-2-9-23(33)20-46-30(13-8-16-44)35(50)48-31(37(49)52)12-6-7-15-43/h2-5,9-11,14,17,19,21,30-32,45-46H,6-8,12-13,15-16,18,20,22,43-44H2,1H3,(H,47,51)(H,48,50)/t30-,31?,32-/m0/s1. The van der Waals surface area contributed by atoms with Gasteiger partial charge in [0.1, 0.15) is 12.1 Å². The molecule has 4 aromatic rings. The summed E-state index contributed by atoms with van der Waals surface area (Å²) in [6.07, 6.45) is -0.472. The first-order valence-electron chi connectivity index (χ1n) is 17.6. The predicted octanol–water partition coefficient (Wildman–Crippen LogP) is 5.50. The van der Waals surface area contributed by atoms with E-state index in [1.807, 2.05) is 42.5 Å². The second kappa shape index (κ2) is 18.3. The monoisotopic (exact) mass is 771 g/mol. The van der Waals surface area contributed by atoms with E-state index in [-0.39, 0.29) is 36.5 Å². The predicted molar refractivity (Wildman–Crippen MR) is 201 cm³/mol. The van der Waals surface area contributed by atoms with Crippen LogP contribution in [-0.2, 0) is 40.1 Å². The summed E-state index contributed by atoms with van der Waals surface area (Å²) in [5.74, 6) is -1.46. The quantitative estimate of drug-likeness (QED) is 0.123. The number of alkyl halides is 3. The minimum absolute atomic E-state index is 0.0839. The van der Waals surface area contributed by atoms with Gasteiger partial charge in [0.15, 0.2) is 0 Å². The highest BCUT2D eigenvalue weighted by atomic mass is 35.5. The number of aromatic amines is 1. The molecule has 0 aliphatic carbocycles. The normalized spacial score (nSPS) is 19.3. The molecule has 1 aliphatic heterocycles. The minimum Gasteiger partial charge on any atom is -0.361 e. The van der Waals surface area contributed by atoms with Gasteiger partial charge in [0, 0.05) is 53.4 Å². The number of hydrogen-bond acceptors (Lipinski definition) is 7. The van der Waals surface area contributed by atoms with Crippen LogP contribution in [0.1, 0.15) is 54.4 Å². The van der Waals surface area contributed by atoms with Gasteiger partial charge >= 0.3 is 6.18 Å². The van der Waals surface area contributed by atoms with Gasteiger partial charge in [-0.25, -0.2) is 0 Å². The minimum atomic E-state index is -4.69. The fourth-order valence-electron chi connectivity index (χ4n) is 6.44. The fourth-order valence-corrected chi connectivity index (χ4v) is 7.85. The molecule has 3 aromatic carbocycles. The molecule has 0 bridgehead atoms. The number of nitrogens with two attached hydrogens (primary N) is 2. The highest BCUT2D eigenvalue weighted by Gasteiger charge is 2.35. The van der Waals surface area contributed by atoms with Crippen molar-refractivity contribution < 1.29 is 27.6 Å². The summed E-state index contributed by atoms with van der Waals surface area (Å²) < 4.78 is 42.2. The lowest BCUT2D eigenvalue weighted by Crippen LogP contribution is -2.57. The number of aromatic nitrogens is 1. The van der Waals surface area contributed by atoms with Crippen molar-refractivity contribution in [2.45, 2.75) is 85.7 Å². The fraction of sp³-hybridized carbons (Fsp3) is 0.395. The van der Waals surface area contributed by atoms with E-state index in [9.17, 15) is 27.6 Å². The molecule has 53 heavy (non-hydrogen) atoms. The van der Waals surface area contributed by atoms with E-state index in [1.165, 1.54) is 23.7 Å². The van der Waals surface area contributed by atoms with Crippen molar-refractivity contribution in [1.29, 1.82) is 0 Å². The molecule has 1 unspecified atom stereocenters. The lowest BCUT2D eigenvalue weighted by Gasteiger charge is -2.32. The van der Waals surface area contributed by atoms with Crippen molar-refractivity contribution in [3.63, 3.8) is 0 Å². The summed E-state index contributed by atoms with van der Waals surface area (Å²) in [6.45, 7) is 0.680. The third-order valence-electron chi connectivity index (χ3n) is 9.41. The third kappa shape index (κ3) is 10.1. The van der Waals surface area contributed by atoms with Crippen LogP contribution in [0.15, 0.2) is 76.7 Å². The van der Waals surface area contributed by atoms with Crippen molar-refractivity contribution in [1.82, 2.24) is 25.8 Å². The molecule has 1 aromatic heterocycles. The summed E-state index contributed by atoms with van der Waals surface area (Å²) >= 11 is 7.76. The molecule has 8 N–H and O–H groups in total. The van der Waals surface area contributed by atoms with Crippen molar-refractivity contribution in [3.8, 4) is 0 Å². The van der Waals surface area contributed by atoms with Crippen LogP contribution in [0.25, 0.3) is 10.9 Å². The Balaban J connectivity index is 1.61. The molecular formula is C38H45ClF3N7O3S. The number of nitrogens with zero attached hydrogens (tertiary/aromatic N) is 1. The number of carbonyl (C=O) groups excluding carboxylic acids is 3. The van der Waals surface area contributed by atoms with Crippen LogP contribution >= 0.6 is 23.4 Å². The maximum atomic E-state index is 14.4. The van der Waals surface area contributed by atoms with E-state index in [2.05, 4.69) is 20.9 Å². The summed E-state index contributed by atoms with van der Waals surface area (Å²) in [5.41, 5.74) is 13.2. The average molecular weight is 772 g/mol. The number of likely N-dealkylation sites (N-methyl/N-ethyl adjacent to an activating group) is 1. The number of amides is 3. The van der Waals surface area contributed by atoms with Crippen LogP contribution in [0.3, 0.4) is 0 Å². The van der Waals surface area contributed by atoms with E-state index < -0.39 is 47.6 Å². The maximum absolute atomic E-state index is 14.4. The molecule has 3 amide bonds. The van der Waals surface area contributed by atoms with E-state index >= 15 is 0 Å². The van der Waals surface area contributed by atoms with Crippen LogP contribution in [0.5, 0.6) is 0 Å². The number of carbonyl (C=O) groups is 3. The van der Waals surface area contributed by atoms with Crippen LogP contribution < -0.4 is 27.4 Å². The number of H-pyrrole nitrogens is 1. The Morgan fingerprint density at radius 2 is 1.60 bits per heavy atom. The summed E-state index contributed by atoms with van der Waals surface area (Å²) in [6, 6.07) is 13.9. The van der Waals surface area contributed by atoms with Gasteiger partial charge in [0.25, 0.3) is 0 Å². The molecule has 10 nitrogen and oxygen atoms in total. The second-order valence-electron chi connectivity index (χ2n) is 13.1. The first-order valence-corrected chi connectivity index (χ1v) is 18.8. The number of unbranched alkanes of at least 4 members (excludes halogenated alkanes) is 1. The number of para-hydroxylation sites is 1. The second-order valence-corrected chi connectivity index (χ2v) is 14.6. The number of hydrogen-bond donors (Lipinski definition) is 6. The van der Waals surface area contributed by atoms with Crippen molar-refractivity contribution in [3.05, 3.63) is 94.1 Å². The number of benzene rings is 3. The molecule has 5 rings (SSSR count). The zero-order chi connectivity index (χ0) is 38.1. The van der Waals surface area contributed by atoms with Crippen LogP contribution in [0, 0.1) is 0 Å². The summed E-state index contributed by atoms with van der Waals surface area (Å²) in [7, 11) is 1.50. The molecule has 0 spiro atoms. The lowest BCUT2D eigenvalue weighted by atomic mass is 10.0. The molecular weight excluding hydrogens is 727 g/mol. The van der Waals surface area contributed by atoms with Crippen molar-refractivity contribution in [2.24, 2.45) is 11.5 Å². The van der Waals surface area contributed by atoms with Crippen LogP contribution in [-0.4, -0.2) is 65.9 Å². The van der Waals surface area contributed by atoms with Crippen molar-refractivity contribution in [2.75, 3.05) is 20.1 Å². The summed E-state index contributed by atoms with van der Waals surface area (Å²) in [5, 5.41) is 9.83. The molecule has 15 heteroatoms. The molecule has 0 radical (unpaired) electrons. The summed E-state index contributed by atoms with van der Waals surface area (Å²) in [4.78, 5) is 48.1. The highest BCUT2D eigenvalue weighted by Crippen LogP contribution is 2.41. The maximum Gasteiger partial charge on any atom is 0.416 e. The Labute approximate surface area is 315 Å². The number of nitrogens with one attached hydrogen (secondary N) is 4. The Hall–Kier alpha value is -4.08. The molecule has 0 fully saturated rings. The number of fused-ring (bicyclic) bond motifs is 3. The topological polar surface area (TPSA) is 158 Å². The van der Waals surface area contributed by atoms with Gasteiger partial charge in [-0.15, -0.1) is 0 Å². The van der Waals surface area contributed by atoms with Gasteiger partial charge < -0.3 is 37.3 Å². The third-order valence-corrected chi connectivity index (χ3v) is 11.1. The van der Waals surface area contributed by atoms with Gasteiger partial charge in [-0.3, -0.25) is 14.4 Å². The average Bonchev–Trinajstić information content (AvgIpc) is 3.55. The Bertz CT molecular complexity index is 1910. The van der Waals surface area contributed by atoms with Gasteiger partial charge in [-0.2, -0.15) is 13.2 Å². The van der Waals surface area contributed by atoms with Gasteiger partial charge in [0.05, 0.1) is 16.6 Å². The zero-order valence-electron chi connectivity index (χ0n) is 29.4. The molecule has 284 valence electrons. The van der Waals surface area contributed by atoms with E-state index in [0.29, 0.717) is 48.6 Å². The molecule has 1 aliphatic rings. The molecule has 2 heterocycles. The molecule has 0 saturated carbocycles. The van der Waals surface area contributed by atoms with Crippen LogP contribution in [0.2, 0.25) is 5.02 Å². The number of rotatable bonds is 9. The first-order chi connectivity index (χ1) is 25.4. The zero-order valence-corrected chi connectivity index (χ0v) is 31.0. The SMILES string of the molecule is CN1C(=O)C(CCCCN)NC(=O)[C@H](CCCN)NCc2ccccc2Sc2c(Cl)cc(C(F)(F)F)cc2CNC(=O)[C@@H]1Cc1c[nH]c2ccccc12. The first kappa shape index (κ1) is 40.1.